The number of anilines is 1. The van der Waals surface area contributed by atoms with E-state index in [0.717, 1.165) is 34.0 Å². The van der Waals surface area contributed by atoms with Gasteiger partial charge < -0.3 is 9.30 Å². The van der Waals surface area contributed by atoms with Crippen LogP contribution in [0.25, 0.3) is 28.2 Å². The molecule has 0 fully saturated rings. The molecule has 178 valence electrons. The van der Waals surface area contributed by atoms with E-state index >= 15 is 0 Å². The highest BCUT2D eigenvalue weighted by atomic mass is 16.6. The predicted octanol–water partition coefficient (Wildman–Crippen LogP) is 5.37. The first kappa shape index (κ1) is 24.8. The van der Waals surface area contributed by atoms with Crippen molar-refractivity contribution in [2.24, 2.45) is 4.99 Å². The van der Waals surface area contributed by atoms with Gasteiger partial charge in [0.15, 0.2) is 5.78 Å². The maximum absolute atomic E-state index is 12.3. The first-order valence-corrected chi connectivity index (χ1v) is 11.2. The molecular weight excluding hydrogens is 430 g/mol. The molecule has 3 rings (SSSR count). The Hall–Kier alpha value is -3.81. The van der Waals surface area contributed by atoms with Gasteiger partial charge in [-0.25, -0.2) is 9.78 Å². The second-order valence-corrected chi connectivity index (χ2v) is 8.97. The highest BCUT2D eigenvalue weighted by Gasteiger charge is 2.18. The summed E-state index contributed by atoms with van der Waals surface area (Å²) in [6, 6.07) is 5.54. The summed E-state index contributed by atoms with van der Waals surface area (Å²) in [7, 11) is 1.70. The van der Waals surface area contributed by atoms with Gasteiger partial charge in [-0.15, -0.1) is 0 Å². The number of carbonyl (C=O) groups excluding carboxylic acids is 2. The zero-order valence-electron chi connectivity index (χ0n) is 20.6. The molecule has 1 N–H and O–H groups in total. The minimum atomic E-state index is -0.617. The van der Waals surface area contributed by atoms with Gasteiger partial charge in [-0.05, 0) is 51.8 Å². The van der Waals surface area contributed by atoms with E-state index < -0.39 is 11.7 Å². The Bertz CT molecular complexity index is 1330. The van der Waals surface area contributed by atoms with Crippen LogP contribution in [0.15, 0.2) is 42.2 Å². The number of aryl methyl sites for hydroxylation is 1. The summed E-state index contributed by atoms with van der Waals surface area (Å²) in [6.07, 6.45) is 5.72. The summed E-state index contributed by atoms with van der Waals surface area (Å²) in [4.78, 5) is 37.8. The molecule has 8 nitrogen and oxygen atoms in total. The minimum absolute atomic E-state index is 0.0337. The summed E-state index contributed by atoms with van der Waals surface area (Å²) < 4.78 is 7.16. The van der Waals surface area contributed by atoms with Crippen molar-refractivity contribution in [1.29, 1.82) is 0 Å². The minimum Gasteiger partial charge on any atom is -0.444 e. The Morgan fingerprint density at radius 3 is 2.50 bits per heavy atom. The average Bonchev–Trinajstić information content (AvgIpc) is 2.76. The van der Waals surface area contributed by atoms with Crippen LogP contribution in [0.5, 0.6) is 0 Å². The van der Waals surface area contributed by atoms with Crippen molar-refractivity contribution in [3.63, 3.8) is 0 Å². The molecule has 0 saturated carbocycles. The van der Waals surface area contributed by atoms with Crippen molar-refractivity contribution in [2.45, 2.75) is 53.1 Å². The summed E-state index contributed by atoms with van der Waals surface area (Å²) in [6.45, 7) is 13.3. The lowest BCUT2D eigenvalue weighted by Crippen LogP contribution is -2.27. The highest BCUT2D eigenvalue weighted by Crippen LogP contribution is 2.26. The standard InChI is InChI=1S/C26H31N5O3/c1-8-10-22(32)20-11-16(3)19(15-28-20)18-12-17-14-29-23(30-25(33)34-26(4,5)6)13-21(17)31(9-2)24(18)27-7/h9,11-15H,2,8,10H2,1,3-7H3,(H,29,30,33). The van der Waals surface area contributed by atoms with Crippen molar-refractivity contribution < 1.29 is 14.3 Å². The van der Waals surface area contributed by atoms with Crippen molar-refractivity contribution in [3.05, 3.63) is 53.9 Å². The molecular formula is C26H31N5O3. The molecule has 1 amide bonds. The lowest BCUT2D eigenvalue weighted by atomic mass is 10.0. The number of nitrogens with one attached hydrogen (secondary N) is 1. The van der Waals surface area contributed by atoms with Crippen LogP contribution in [0.3, 0.4) is 0 Å². The van der Waals surface area contributed by atoms with Crippen molar-refractivity contribution in [1.82, 2.24) is 14.5 Å². The number of hydrogen-bond donors (Lipinski definition) is 1. The van der Waals surface area contributed by atoms with E-state index in [-0.39, 0.29) is 5.78 Å². The molecule has 0 bridgehead atoms. The molecule has 0 atom stereocenters. The molecule has 3 heterocycles. The zero-order chi connectivity index (χ0) is 25.0. The van der Waals surface area contributed by atoms with Gasteiger partial charge in [0, 0.05) is 54.6 Å². The van der Waals surface area contributed by atoms with Crippen LogP contribution >= 0.6 is 0 Å². The number of aromatic nitrogens is 3. The molecule has 3 aromatic heterocycles. The Balaban J connectivity index is 2.11. The topological polar surface area (TPSA) is 98.5 Å². The van der Waals surface area contributed by atoms with Gasteiger partial charge in [-0.3, -0.25) is 20.1 Å². The van der Waals surface area contributed by atoms with Crippen molar-refractivity contribution in [3.8, 4) is 11.1 Å². The van der Waals surface area contributed by atoms with E-state index in [0.29, 0.717) is 23.4 Å². The second kappa shape index (κ2) is 9.99. The molecule has 0 saturated heterocycles. The number of nitrogens with zero attached hydrogens (tertiary/aromatic N) is 4. The molecule has 8 heteroatoms. The van der Waals surface area contributed by atoms with Gasteiger partial charge in [0.05, 0.1) is 5.52 Å². The maximum Gasteiger partial charge on any atom is 0.413 e. The van der Waals surface area contributed by atoms with E-state index in [2.05, 4.69) is 26.9 Å². The molecule has 3 aromatic rings. The third kappa shape index (κ3) is 5.39. The number of amides is 1. The van der Waals surface area contributed by atoms with E-state index in [1.54, 1.807) is 52.5 Å². The molecule has 34 heavy (non-hydrogen) atoms. The second-order valence-electron chi connectivity index (χ2n) is 8.97. The first-order chi connectivity index (χ1) is 16.1. The fourth-order valence-corrected chi connectivity index (χ4v) is 3.67. The predicted molar refractivity (Wildman–Crippen MR) is 135 cm³/mol. The summed E-state index contributed by atoms with van der Waals surface area (Å²) >= 11 is 0. The lowest BCUT2D eigenvalue weighted by molar-refractivity contribution is 0.0635. The number of rotatable bonds is 6. The molecule has 0 aliphatic carbocycles. The number of Topliss-reactive ketones (excluding diaryl/α,β-unsaturated/α-hetero) is 1. The number of carbonyl (C=O) groups is 2. The highest BCUT2D eigenvalue weighted by molar-refractivity contribution is 5.95. The van der Waals surface area contributed by atoms with Crippen LogP contribution in [0.1, 0.15) is 56.6 Å². The van der Waals surface area contributed by atoms with Crippen molar-refractivity contribution in [2.75, 3.05) is 12.4 Å². The Morgan fingerprint density at radius 1 is 1.18 bits per heavy atom. The summed E-state index contributed by atoms with van der Waals surface area (Å²) in [5.74, 6) is 0.384. The normalized spacial score (nSPS) is 12.0. The van der Waals surface area contributed by atoms with Gasteiger partial charge in [-0.1, -0.05) is 13.5 Å². The van der Waals surface area contributed by atoms with E-state index in [1.807, 2.05) is 30.5 Å². The van der Waals surface area contributed by atoms with Gasteiger partial charge in [0.2, 0.25) is 0 Å². The largest absolute Gasteiger partial charge is 0.444 e. The summed E-state index contributed by atoms with van der Waals surface area (Å²) in [5, 5.41) is 3.49. The molecule has 0 aromatic carbocycles. The first-order valence-electron chi connectivity index (χ1n) is 11.2. The van der Waals surface area contributed by atoms with E-state index in [9.17, 15) is 9.59 Å². The van der Waals surface area contributed by atoms with Crippen LogP contribution in [0.4, 0.5) is 10.6 Å². The van der Waals surface area contributed by atoms with Crippen molar-refractivity contribution >= 4 is 34.8 Å². The monoisotopic (exact) mass is 461 g/mol. The molecule has 0 spiro atoms. The fraction of sp³-hybridized carbons (Fsp3) is 0.346. The number of ether oxygens (including phenoxy) is 1. The third-order valence-corrected chi connectivity index (χ3v) is 5.13. The molecule has 0 unspecified atom stereocenters. The van der Waals surface area contributed by atoms with Gasteiger partial charge in [0.25, 0.3) is 0 Å². The Labute approximate surface area is 199 Å². The number of fused-ring (bicyclic) bond motifs is 1. The number of ketones is 1. The molecule has 0 radical (unpaired) electrons. The summed E-state index contributed by atoms with van der Waals surface area (Å²) in [5.41, 5.74) is 3.90. The van der Waals surface area contributed by atoms with Gasteiger partial charge in [0.1, 0.15) is 22.6 Å². The van der Waals surface area contributed by atoms with Gasteiger partial charge in [-0.2, -0.15) is 0 Å². The van der Waals surface area contributed by atoms with Gasteiger partial charge >= 0.3 is 6.09 Å². The zero-order valence-corrected chi connectivity index (χ0v) is 20.6. The van der Waals surface area contributed by atoms with E-state index in [1.165, 1.54) is 0 Å². The maximum atomic E-state index is 12.3. The average molecular weight is 462 g/mol. The van der Waals surface area contributed by atoms with Crippen LogP contribution in [-0.4, -0.2) is 39.1 Å². The van der Waals surface area contributed by atoms with E-state index in [4.69, 9.17) is 4.74 Å². The molecule has 0 aliphatic heterocycles. The Morgan fingerprint density at radius 2 is 1.91 bits per heavy atom. The van der Waals surface area contributed by atoms with Crippen LogP contribution in [-0.2, 0) is 4.74 Å². The third-order valence-electron chi connectivity index (χ3n) is 5.13. The smallest absolute Gasteiger partial charge is 0.413 e. The fourth-order valence-electron chi connectivity index (χ4n) is 3.67. The lowest BCUT2D eigenvalue weighted by Gasteiger charge is -2.19. The Kier molecular flexibility index (Phi) is 7.29. The number of pyridine rings is 3. The van der Waals surface area contributed by atoms with Crippen LogP contribution in [0, 0.1) is 6.92 Å². The molecule has 0 aliphatic rings. The SMILES string of the molecule is C=Cn1c(=NC)c(-c2cnc(C(=O)CCC)cc2C)cc2cnc(NC(=O)OC(C)(C)C)cc21. The number of hydrogen-bond acceptors (Lipinski definition) is 6. The van der Waals surface area contributed by atoms with Crippen LogP contribution < -0.4 is 10.8 Å². The van der Waals surface area contributed by atoms with Crippen LogP contribution in [0.2, 0.25) is 0 Å². The quantitative estimate of drug-likeness (QED) is 0.498.